The summed E-state index contributed by atoms with van der Waals surface area (Å²) in [5.41, 5.74) is -0.423. The minimum absolute atomic E-state index is 0.166. The molecule has 1 fully saturated rings. The quantitative estimate of drug-likeness (QED) is 0.357. The van der Waals surface area contributed by atoms with E-state index >= 15 is 0 Å². The number of nitrogens with one attached hydrogen (secondary N) is 1. The molecule has 3 nitrogen and oxygen atoms in total. The zero-order valence-electron chi connectivity index (χ0n) is 5.26. The first-order valence-electron chi connectivity index (χ1n) is 2.96. The highest BCUT2D eigenvalue weighted by Gasteiger charge is 2.22. The Bertz CT molecular complexity index is 133. The largest absolute Gasteiger partial charge is 0.325 e. The van der Waals surface area contributed by atoms with E-state index in [0.717, 1.165) is 0 Å². The molecule has 1 amide bonds. The third kappa shape index (κ3) is 1.75. The summed E-state index contributed by atoms with van der Waals surface area (Å²) in [6.45, 7) is 1.02. The van der Waals surface area contributed by atoms with Crippen molar-refractivity contribution in [1.82, 2.24) is 10.2 Å². The Kier molecular flexibility index (Phi) is 2.77. The zero-order chi connectivity index (χ0) is 7.56. The molecule has 0 bridgehead atoms. The zero-order valence-corrected chi connectivity index (χ0v) is 6.77. The number of piperazine rings is 1. The van der Waals surface area contributed by atoms with Crippen molar-refractivity contribution in [3.63, 3.8) is 0 Å². The van der Waals surface area contributed by atoms with Gasteiger partial charge in [0.2, 0.25) is 6.41 Å². The standard InChI is InChI=1S/C5H8Cl2N2O/c6-4-2-9(3-10)5(7)1-8-4/h3-5,8H,1-2H2. The smallest absolute Gasteiger partial charge is 0.211 e. The molecule has 1 aliphatic rings. The maximum Gasteiger partial charge on any atom is 0.211 e. The van der Waals surface area contributed by atoms with Crippen LogP contribution in [-0.2, 0) is 4.79 Å². The van der Waals surface area contributed by atoms with Gasteiger partial charge in [0.05, 0.1) is 6.54 Å². The summed E-state index contributed by atoms with van der Waals surface area (Å²) in [5, 5.41) is 2.93. The van der Waals surface area contributed by atoms with Gasteiger partial charge in [0.15, 0.2) is 0 Å². The van der Waals surface area contributed by atoms with Gasteiger partial charge in [-0.15, -0.1) is 11.6 Å². The first-order chi connectivity index (χ1) is 4.74. The van der Waals surface area contributed by atoms with Gasteiger partial charge in [0.1, 0.15) is 11.0 Å². The van der Waals surface area contributed by atoms with Gasteiger partial charge in [-0.2, -0.15) is 0 Å². The highest BCUT2D eigenvalue weighted by molar-refractivity contribution is 6.22. The molecule has 0 radical (unpaired) electrons. The number of rotatable bonds is 1. The lowest BCUT2D eigenvalue weighted by molar-refractivity contribution is -0.119. The number of carbonyl (C=O) groups is 1. The molecule has 5 heteroatoms. The van der Waals surface area contributed by atoms with Gasteiger partial charge >= 0.3 is 0 Å². The fraction of sp³-hybridized carbons (Fsp3) is 0.800. The molecule has 0 aromatic heterocycles. The van der Waals surface area contributed by atoms with Crippen LogP contribution in [0.25, 0.3) is 0 Å². The molecule has 0 aromatic rings. The molecule has 1 N–H and O–H groups in total. The van der Waals surface area contributed by atoms with E-state index in [1.165, 1.54) is 4.90 Å². The maximum absolute atomic E-state index is 10.3. The minimum Gasteiger partial charge on any atom is -0.325 e. The van der Waals surface area contributed by atoms with E-state index in [4.69, 9.17) is 23.2 Å². The van der Waals surface area contributed by atoms with Crippen molar-refractivity contribution >= 4 is 29.6 Å². The van der Waals surface area contributed by atoms with Crippen molar-refractivity contribution in [2.75, 3.05) is 13.1 Å². The lowest BCUT2D eigenvalue weighted by Crippen LogP contribution is -2.51. The van der Waals surface area contributed by atoms with Crippen LogP contribution in [0, 0.1) is 0 Å². The Morgan fingerprint density at radius 3 is 2.80 bits per heavy atom. The summed E-state index contributed by atoms with van der Waals surface area (Å²) in [6.07, 6.45) is 0.716. The number of alkyl halides is 2. The van der Waals surface area contributed by atoms with E-state index in [2.05, 4.69) is 5.32 Å². The number of hydrogen-bond acceptors (Lipinski definition) is 2. The Balaban J connectivity index is 2.45. The van der Waals surface area contributed by atoms with Crippen molar-refractivity contribution in [2.45, 2.75) is 11.0 Å². The van der Waals surface area contributed by atoms with Crippen LogP contribution in [0.3, 0.4) is 0 Å². The average Bonchev–Trinajstić information content (AvgIpc) is 1.94. The second kappa shape index (κ2) is 3.42. The van der Waals surface area contributed by atoms with Gasteiger partial charge in [0.25, 0.3) is 0 Å². The Morgan fingerprint density at radius 1 is 1.60 bits per heavy atom. The topological polar surface area (TPSA) is 32.3 Å². The van der Waals surface area contributed by atoms with Crippen LogP contribution in [0.2, 0.25) is 0 Å². The molecule has 1 saturated heterocycles. The molecule has 0 aliphatic carbocycles. The third-order valence-electron chi connectivity index (χ3n) is 1.37. The lowest BCUT2D eigenvalue weighted by atomic mass is 10.4. The summed E-state index contributed by atoms with van der Waals surface area (Å²) in [4.78, 5) is 11.7. The van der Waals surface area contributed by atoms with Crippen LogP contribution in [0.4, 0.5) is 0 Å². The molecule has 10 heavy (non-hydrogen) atoms. The van der Waals surface area contributed by atoms with Gasteiger partial charge < -0.3 is 4.90 Å². The highest BCUT2D eigenvalue weighted by atomic mass is 35.5. The van der Waals surface area contributed by atoms with Gasteiger partial charge in [-0.25, -0.2) is 0 Å². The van der Waals surface area contributed by atoms with Crippen molar-refractivity contribution in [3.05, 3.63) is 0 Å². The molecule has 1 heterocycles. The first-order valence-corrected chi connectivity index (χ1v) is 3.84. The normalized spacial score (nSPS) is 34.0. The first kappa shape index (κ1) is 8.11. The van der Waals surface area contributed by atoms with E-state index in [9.17, 15) is 4.79 Å². The molecule has 2 atom stereocenters. The molecule has 0 saturated carbocycles. The Hall–Kier alpha value is 0.01000. The molecule has 1 aliphatic heterocycles. The lowest BCUT2D eigenvalue weighted by Gasteiger charge is -2.31. The van der Waals surface area contributed by atoms with Gasteiger partial charge in [0, 0.05) is 6.54 Å². The predicted octanol–water partition coefficient (Wildman–Crippen LogP) is 0.178. The van der Waals surface area contributed by atoms with Crippen molar-refractivity contribution < 1.29 is 4.79 Å². The number of amides is 1. The number of halogens is 2. The van der Waals surface area contributed by atoms with Crippen LogP contribution < -0.4 is 5.32 Å². The average molecular weight is 183 g/mol. The molecule has 2 unspecified atom stereocenters. The third-order valence-corrected chi connectivity index (χ3v) is 2.07. The maximum atomic E-state index is 10.3. The summed E-state index contributed by atoms with van der Waals surface area (Å²) in [5.74, 6) is 0. The molecule has 0 spiro atoms. The fourth-order valence-corrected chi connectivity index (χ4v) is 1.28. The van der Waals surface area contributed by atoms with E-state index < -0.39 is 0 Å². The van der Waals surface area contributed by atoms with Gasteiger partial charge in [-0.3, -0.25) is 10.1 Å². The van der Waals surface area contributed by atoms with E-state index in [0.29, 0.717) is 19.5 Å². The molecule has 1 rings (SSSR count). The van der Waals surface area contributed by atoms with E-state index in [1.807, 2.05) is 0 Å². The van der Waals surface area contributed by atoms with E-state index in [-0.39, 0.29) is 11.0 Å². The van der Waals surface area contributed by atoms with Crippen molar-refractivity contribution in [1.29, 1.82) is 0 Å². The summed E-state index contributed by atoms with van der Waals surface area (Å²) < 4.78 is 0. The monoisotopic (exact) mass is 182 g/mol. The van der Waals surface area contributed by atoms with Crippen molar-refractivity contribution in [3.8, 4) is 0 Å². The Labute approximate surface area is 69.3 Å². The van der Waals surface area contributed by atoms with Gasteiger partial charge in [-0.05, 0) is 0 Å². The second-order valence-electron chi connectivity index (χ2n) is 2.11. The minimum atomic E-state index is -0.257. The summed E-state index contributed by atoms with van der Waals surface area (Å²) in [6, 6.07) is 0. The number of hydrogen-bond donors (Lipinski definition) is 1. The second-order valence-corrected chi connectivity index (χ2v) is 3.14. The molecule has 58 valence electrons. The molecule has 0 aromatic carbocycles. The van der Waals surface area contributed by atoms with Crippen LogP contribution in [-0.4, -0.2) is 35.4 Å². The van der Waals surface area contributed by atoms with E-state index in [1.54, 1.807) is 0 Å². The molecular formula is C5H8Cl2N2O. The highest BCUT2D eigenvalue weighted by Crippen LogP contribution is 2.09. The summed E-state index contributed by atoms with van der Waals surface area (Å²) in [7, 11) is 0. The summed E-state index contributed by atoms with van der Waals surface area (Å²) >= 11 is 11.4. The van der Waals surface area contributed by atoms with Crippen molar-refractivity contribution in [2.24, 2.45) is 0 Å². The number of nitrogens with zero attached hydrogens (tertiary/aromatic N) is 1. The fourth-order valence-electron chi connectivity index (χ4n) is 0.815. The van der Waals surface area contributed by atoms with Gasteiger partial charge in [-0.1, -0.05) is 11.6 Å². The van der Waals surface area contributed by atoms with Crippen LogP contribution in [0.15, 0.2) is 0 Å². The number of carbonyl (C=O) groups excluding carboxylic acids is 1. The SMILES string of the molecule is O=CN1CC(Cl)NCC1Cl. The molecular weight excluding hydrogens is 175 g/mol. The van der Waals surface area contributed by atoms with Crippen LogP contribution >= 0.6 is 23.2 Å². The van der Waals surface area contributed by atoms with Crippen LogP contribution in [0.1, 0.15) is 0 Å². The van der Waals surface area contributed by atoms with Crippen LogP contribution in [0.5, 0.6) is 0 Å². The Morgan fingerprint density at radius 2 is 2.30 bits per heavy atom. The predicted molar refractivity (Wildman–Crippen MR) is 40.1 cm³/mol.